The molecule has 1 saturated heterocycles. The Kier molecular flexibility index (Phi) is 2.65. The Bertz CT molecular complexity index is 440. The Morgan fingerprint density at radius 1 is 1.18 bits per heavy atom. The maximum Gasteiger partial charge on any atom is 0.223 e. The third kappa shape index (κ3) is 1.76. The van der Waals surface area contributed by atoms with Crippen LogP contribution in [0.15, 0.2) is 24.3 Å². The van der Waals surface area contributed by atoms with E-state index < -0.39 is 0 Å². The number of carbonyl (C=O) groups excluding carboxylic acids is 1. The van der Waals surface area contributed by atoms with Crippen molar-refractivity contribution >= 4 is 5.91 Å². The first-order chi connectivity index (χ1) is 8.27. The van der Waals surface area contributed by atoms with Gasteiger partial charge in [-0.25, -0.2) is 0 Å². The van der Waals surface area contributed by atoms with Crippen molar-refractivity contribution in [3.05, 3.63) is 35.4 Å². The lowest BCUT2D eigenvalue weighted by Crippen LogP contribution is -2.31. The molecular weight excluding hydrogens is 210 g/mol. The zero-order valence-electron chi connectivity index (χ0n) is 10.4. The molecule has 0 unspecified atom stereocenters. The molecule has 0 N–H and O–H groups in total. The first kappa shape index (κ1) is 10.8. The summed E-state index contributed by atoms with van der Waals surface area (Å²) in [6, 6.07) is 9.03. The Balaban J connectivity index is 2.06. The first-order valence-corrected chi connectivity index (χ1v) is 6.65. The summed E-state index contributed by atoms with van der Waals surface area (Å²) in [4.78, 5) is 14.0. The molecule has 2 aliphatic rings. The molecule has 2 nitrogen and oxygen atoms in total. The Hall–Kier alpha value is -1.31. The number of carbonyl (C=O) groups is 1. The van der Waals surface area contributed by atoms with Crippen molar-refractivity contribution in [1.29, 1.82) is 0 Å². The molecule has 90 valence electrons. The predicted molar refractivity (Wildman–Crippen MR) is 67.8 cm³/mol. The van der Waals surface area contributed by atoms with Gasteiger partial charge in [-0.3, -0.25) is 4.79 Å². The summed E-state index contributed by atoms with van der Waals surface area (Å²) in [6.45, 7) is 3.26. The van der Waals surface area contributed by atoms with Crippen molar-refractivity contribution < 1.29 is 4.79 Å². The Labute approximate surface area is 103 Å². The van der Waals surface area contributed by atoms with Gasteiger partial charge in [-0.2, -0.15) is 0 Å². The van der Waals surface area contributed by atoms with Crippen molar-refractivity contribution in [2.75, 3.05) is 6.54 Å². The number of amides is 1. The summed E-state index contributed by atoms with van der Waals surface area (Å²) in [5.74, 6) is 0.975. The maximum atomic E-state index is 11.9. The van der Waals surface area contributed by atoms with E-state index in [9.17, 15) is 4.79 Å². The lowest BCUT2D eigenvalue weighted by molar-refractivity contribution is -0.129. The van der Waals surface area contributed by atoms with E-state index in [1.54, 1.807) is 0 Å². The molecule has 2 heterocycles. The summed E-state index contributed by atoms with van der Waals surface area (Å²) >= 11 is 0. The third-order valence-electron chi connectivity index (χ3n) is 4.25. The van der Waals surface area contributed by atoms with Gasteiger partial charge in [0, 0.05) is 13.0 Å². The molecule has 2 heteroatoms. The summed E-state index contributed by atoms with van der Waals surface area (Å²) in [5.41, 5.74) is 2.85. The minimum absolute atomic E-state index is 0.347. The molecule has 17 heavy (non-hydrogen) atoms. The molecule has 0 aromatic heterocycles. The molecule has 1 amide bonds. The van der Waals surface area contributed by atoms with Crippen LogP contribution >= 0.6 is 0 Å². The smallest absolute Gasteiger partial charge is 0.223 e. The van der Waals surface area contributed by atoms with E-state index in [0.29, 0.717) is 17.9 Å². The van der Waals surface area contributed by atoms with Gasteiger partial charge in [0.05, 0.1) is 6.04 Å². The van der Waals surface area contributed by atoms with Gasteiger partial charge in [-0.15, -0.1) is 0 Å². The van der Waals surface area contributed by atoms with Gasteiger partial charge in [0.25, 0.3) is 0 Å². The van der Waals surface area contributed by atoms with Crippen LogP contribution in [-0.2, 0) is 4.79 Å². The van der Waals surface area contributed by atoms with Crippen LogP contribution in [0.3, 0.4) is 0 Å². The average molecular weight is 229 g/mol. The van der Waals surface area contributed by atoms with Gasteiger partial charge < -0.3 is 4.90 Å². The Morgan fingerprint density at radius 3 is 2.76 bits per heavy atom. The molecule has 2 atom stereocenters. The van der Waals surface area contributed by atoms with Gasteiger partial charge in [-0.1, -0.05) is 31.2 Å². The Morgan fingerprint density at radius 2 is 1.94 bits per heavy atom. The molecule has 1 aromatic carbocycles. The molecule has 0 spiro atoms. The lowest BCUT2D eigenvalue weighted by atomic mass is 9.86. The molecule has 3 rings (SSSR count). The normalized spacial score (nSPS) is 28.3. The zero-order valence-corrected chi connectivity index (χ0v) is 10.4. The van der Waals surface area contributed by atoms with E-state index in [1.165, 1.54) is 17.5 Å². The van der Waals surface area contributed by atoms with Crippen molar-refractivity contribution in [2.45, 2.75) is 44.6 Å². The highest BCUT2D eigenvalue weighted by molar-refractivity contribution is 5.79. The summed E-state index contributed by atoms with van der Waals surface area (Å²) < 4.78 is 0. The van der Waals surface area contributed by atoms with Crippen LogP contribution in [0.1, 0.15) is 55.7 Å². The highest BCUT2D eigenvalue weighted by Crippen LogP contribution is 2.39. The van der Waals surface area contributed by atoms with Crippen LogP contribution in [0.25, 0.3) is 0 Å². The summed E-state index contributed by atoms with van der Waals surface area (Å²) in [6.07, 6.45) is 4.06. The second-order valence-corrected chi connectivity index (χ2v) is 5.31. The largest absolute Gasteiger partial charge is 0.336 e. The standard InChI is InChI=1S/C15H19NO/c1-11-5-4-10-16-14(8-9-15(16)17)13-7-3-2-6-12(11)13/h2-3,6-7,11,14H,4-5,8-10H2,1H3/t11-,14-/m0/s1. The molecular formula is C15H19NO. The number of hydrogen-bond acceptors (Lipinski definition) is 1. The van der Waals surface area contributed by atoms with E-state index in [2.05, 4.69) is 36.1 Å². The zero-order chi connectivity index (χ0) is 11.8. The highest BCUT2D eigenvalue weighted by atomic mass is 16.2. The molecule has 0 aliphatic carbocycles. The van der Waals surface area contributed by atoms with Gasteiger partial charge in [0.2, 0.25) is 5.91 Å². The van der Waals surface area contributed by atoms with Crippen LogP contribution in [0.2, 0.25) is 0 Å². The van der Waals surface area contributed by atoms with Crippen LogP contribution in [0.5, 0.6) is 0 Å². The van der Waals surface area contributed by atoms with Crippen molar-refractivity contribution in [3.63, 3.8) is 0 Å². The number of nitrogens with zero attached hydrogens (tertiary/aromatic N) is 1. The van der Waals surface area contributed by atoms with E-state index >= 15 is 0 Å². The van der Waals surface area contributed by atoms with Gasteiger partial charge in [-0.05, 0) is 36.3 Å². The number of fused-ring (bicyclic) bond motifs is 3. The monoisotopic (exact) mass is 229 g/mol. The van der Waals surface area contributed by atoms with Crippen LogP contribution in [0.4, 0.5) is 0 Å². The molecule has 1 aromatic rings. The fourth-order valence-electron chi connectivity index (χ4n) is 3.32. The minimum Gasteiger partial charge on any atom is -0.336 e. The summed E-state index contributed by atoms with van der Waals surface area (Å²) in [5, 5.41) is 0. The van der Waals surface area contributed by atoms with E-state index in [-0.39, 0.29) is 0 Å². The topological polar surface area (TPSA) is 20.3 Å². The van der Waals surface area contributed by atoms with E-state index in [4.69, 9.17) is 0 Å². The lowest BCUT2D eigenvalue weighted by Gasteiger charge is -2.31. The fraction of sp³-hybridized carbons (Fsp3) is 0.533. The quantitative estimate of drug-likeness (QED) is 0.668. The minimum atomic E-state index is 0.347. The first-order valence-electron chi connectivity index (χ1n) is 6.65. The number of rotatable bonds is 0. The highest BCUT2D eigenvalue weighted by Gasteiger charge is 2.34. The molecule has 0 radical (unpaired) electrons. The molecule has 1 fully saturated rings. The second kappa shape index (κ2) is 4.17. The van der Waals surface area contributed by atoms with Crippen molar-refractivity contribution in [3.8, 4) is 0 Å². The number of hydrogen-bond donors (Lipinski definition) is 0. The van der Waals surface area contributed by atoms with E-state index in [1.807, 2.05) is 0 Å². The summed E-state index contributed by atoms with van der Waals surface area (Å²) in [7, 11) is 0. The van der Waals surface area contributed by atoms with Gasteiger partial charge in [0.15, 0.2) is 0 Å². The van der Waals surface area contributed by atoms with Crippen LogP contribution in [0, 0.1) is 0 Å². The van der Waals surface area contributed by atoms with E-state index in [0.717, 1.165) is 25.8 Å². The fourth-order valence-corrected chi connectivity index (χ4v) is 3.32. The molecule has 2 aliphatic heterocycles. The van der Waals surface area contributed by atoms with Gasteiger partial charge >= 0.3 is 0 Å². The average Bonchev–Trinajstić information content (AvgIpc) is 2.69. The third-order valence-corrected chi connectivity index (χ3v) is 4.25. The van der Waals surface area contributed by atoms with Gasteiger partial charge in [0.1, 0.15) is 0 Å². The predicted octanol–water partition coefficient (Wildman–Crippen LogP) is 3.25. The number of benzene rings is 1. The second-order valence-electron chi connectivity index (χ2n) is 5.31. The molecule has 0 saturated carbocycles. The maximum absolute atomic E-state index is 11.9. The van der Waals surface area contributed by atoms with Crippen molar-refractivity contribution in [2.24, 2.45) is 0 Å². The molecule has 0 bridgehead atoms. The van der Waals surface area contributed by atoms with Crippen LogP contribution in [-0.4, -0.2) is 17.4 Å². The SMILES string of the molecule is C[C@H]1CCCN2C(=O)CC[C@H]2c2ccccc21. The van der Waals surface area contributed by atoms with Crippen LogP contribution < -0.4 is 0 Å². The van der Waals surface area contributed by atoms with Crippen molar-refractivity contribution in [1.82, 2.24) is 4.90 Å².